The zero-order chi connectivity index (χ0) is 9.14. The average molecular weight is 205 g/mol. The first-order valence-electron chi connectivity index (χ1n) is 4.12. The number of nitrogens with zero attached hydrogens (tertiary/aromatic N) is 2. The van der Waals surface area contributed by atoms with E-state index in [0.29, 0.717) is 11.6 Å². The Morgan fingerprint density at radius 3 is 2.62 bits per heavy atom. The Hall–Kier alpha value is -0.900. The van der Waals surface area contributed by atoms with Crippen molar-refractivity contribution >= 4 is 23.9 Å². The van der Waals surface area contributed by atoms with E-state index in [2.05, 4.69) is 24.3 Å². The highest BCUT2D eigenvalue weighted by Gasteiger charge is 2.02. The first-order valence-corrected chi connectivity index (χ1v) is 4.12. The van der Waals surface area contributed by atoms with Crippen LogP contribution in [0.1, 0.15) is 13.8 Å². The van der Waals surface area contributed by atoms with Gasteiger partial charge in [0.05, 0.1) is 5.69 Å². The van der Waals surface area contributed by atoms with Gasteiger partial charge in [0.2, 0.25) is 0 Å². The van der Waals surface area contributed by atoms with Gasteiger partial charge in [0, 0.05) is 19.8 Å². The third kappa shape index (κ3) is 3.55. The van der Waals surface area contributed by atoms with Crippen molar-refractivity contribution in [3.63, 3.8) is 0 Å². The topological polar surface area (TPSA) is 55.9 Å². The Morgan fingerprint density at radius 2 is 2.23 bits per heavy atom. The largest absolute Gasteiger partial charge is 0.394 e. The van der Waals surface area contributed by atoms with Gasteiger partial charge < -0.3 is 11.1 Å². The fraction of sp³-hybridized carbons (Fsp3) is 0.625. The van der Waals surface area contributed by atoms with Crippen molar-refractivity contribution in [2.45, 2.75) is 13.8 Å². The summed E-state index contributed by atoms with van der Waals surface area (Å²) in [6.45, 7) is 5.19. The molecular formula is C8H17ClN4. The summed E-state index contributed by atoms with van der Waals surface area (Å²) in [6.07, 6.45) is 1.79. The van der Waals surface area contributed by atoms with E-state index in [9.17, 15) is 0 Å². The summed E-state index contributed by atoms with van der Waals surface area (Å²) in [5, 5.41) is 7.34. The summed E-state index contributed by atoms with van der Waals surface area (Å²) < 4.78 is 1.71. The zero-order valence-electron chi connectivity index (χ0n) is 8.24. The molecule has 0 aromatic carbocycles. The summed E-state index contributed by atoms with van der Waals surface area (Å²) in [6, 6.07) is 0. The van der Waals surface area contributed by atoms with Crippen LogP contribution in [0.3, 0.4) is 0 Å². The molecule has 0 fully saturated rings. The normalized spacial score (nSPS) is 9.85. The Morgan fingerprint density at radius 1 is 1.62 bits per heavy atom. The number of nitrogens with one attached hydrogen (secondary N) is 1. The predicted octanol–water partition coefficient (Wildman–Crippen LogP) is 1.49. The number of nitrogen functional groups attached to an aromatic ring is 1. The molecule has 0 saturated heterocycles. The molecule has 1 rings (SSSR count). The second-order valence-corrected chi connectivity index (χ2v) is 3.38. The molecule has 76 valence electrons. The first kappa shape index (κ1) is 12.1. The van der Waals surface area contributed by atoms with Crippen LogP contribution in [0.25, 0.3) is 0 Å². The lowest BCUT2D eigenvalue weighted by atomic mass is 10.2. The van der Waals surface area contributed by atoms with Crippen LogP contribution < -0.4 is 11.1 Å². The van der Waals surface area contributed by atoms with Gasteiger partial charge >= 0.3 is 0 Å². The molecule has 3 N–H and O–H groups in total. The highest BCUT2D eigenvalue weighted by atomic mass is 35.5. The molecule has 0 atom stereocenters. The first-order chi connectivity index (χ1) is 5.59. The number of aromatic nitrogens is 2. The van der Waals surface area contributed by atoms with Crippen molar-refractivity contribution in [1.29, 1.82) is 0 Å². The SMILES string of the molecule is CC(C)CNc1nn(C)cc1N.Cl. The maximum absolute atomic E-state index is 5.68. The number of halogens is 1. The lowest BCUT2D eigenvalue weighted by Gasteiger charge is -2.05. The minimum atomic E-state index is 0. The molecule has 1 aromatic heterocycles. The van der Waals surface area contributed by atoms with E-state index in [0.717, 1.165) is 12.4 Å². The molecule has 0 aliphatic heterocycles. The second-order valence-electron chi connectivity index (χ2n) is 3.38. The van der Waals surface area contributed by atoms with Gasteiger partial charge in [-0.3, -0.25) is 4.68 Å². The number of anilines is 2. The third-order valence-corrected chi connectivity index (χ3v) is 1.53. The molecule has 4 nitrogen and oxygen atoms in total. The number of aryl methyl sites for hydroxylation is 1. The van der Waals surface area contributed by atoms with Gasteiger partial charge in [-0.1, -0.05) is 13.8 Å². The summed E-state index contributed by atoms with van der Waals surface area (Å²) in [7, 11) is 1.86. The van der Waals surface area contributed by atoms with E-state index < -0.39 is 0 Å². The third-order valence-electron chi connectivity index (χ3n) is 1.53. The molecule has 0 spiro atoms. The van der Waals surface area contributed by atoms with Crippen LogP contribution in [0, 0.1) is 5.92 Å². The molecule has 5 heteroatoms. The summed E-state index contributed by atoms with van der Waals surface area (Å²) >= 11 is 0. The Balaban J connectivity index is 0.00000144. The van der Waals surface area contributed by atoms with Gasteiger partial charge in [0.15, 0.2) is 5.82 Å². The van der Waals surface area contributed by atoms with Gasteiger partial charge in [-0.05, 0) is 5.92 Å². The second kappa shape index (κ2) is 4.97. The summed E-state index contributed by atoms with van der Waals surface area (Å²) in [4.78, 5) is 0. The average Bonchev–Trinajstić information content (AvgIpc) is 2.26. The number of rotatable bonds is 3. The predicted molar refractivity (Wildman–Crippen MR) is 58.2 cm³/mol. The fourth-order valence-corrected chi connectivity index (χ4v) is 0.945. The number of hydrogen-bond donors (Lipinski definition) is 2. The van der Waals surface area contributed by atoms with Crippen molar-refractivity contribution in [2.24, 2.45) is 13.0 Å². The van der Waals surface area contributed by atoms with Gasteiger partial charge in [-0.25, -0.2) is 0 Å². The number of nitrogens with two attached hydrogens (primary N) is 1. The fourth-order valence-electron chi connectivity index (χ4n) is 0.945. The smallest absolute Gasteiger partial charge is 0.171 e. The van der Waals surface area contributed by atoms with Crippen molar-refractivity contribution in [3.05, 3.63) is 6.20 Å². The molecule has 0 aliphatic carbocycles. The van der Waals surface area contributed by atoms with E-state index in [4.69, 9.17) is 5.73 Å². The van der Waals surface area contributed by atoms with E-state index in [-0.39, 0.29) is 12.4 Å². The molecule has 13 heavy (non-hydrogen) atoms. The lowest BCUT2D eigenvalue weighted by molar-refractivity contribution is 0.683. The van der Waals surface area contributed by atoms with Crippen LogP contribution >= 0.6 is 12.4 Å². The highest BCUT2D eigenvalue weighted by molar-refractivity contribution is 5.85. The highest BCUT2D eigenvalue weighted by Crippen LogP contribution is 2.14. The molecule has 0 aliphatic rings. The molecule has 0 unspecified atom stereocenters. The molecule has 0 amide bonds. The monoisotopic (exact) mass is 204 g/mol. The Labute approximate surface area is 84.9 Å². The van der Waals surface area contributed by atoms with Crippen molar-refractivity contribution < 1.29 is 0 Å². The van der Waals surface area contributed by atoms with E-state index in [1.165, 1.54) is 0 Å². The van der Waals surface area contributed by atoms with Crippen molar-refractivity contribution in [2.75, 3.05) is 17.6 Å². The Kier molecular flexibility index (Phi) is 4.62. The number of hydrogen-bond acceptors (Lipinski definition) is 3. The van der Waals surface area contributed by atoms with Crippen LogP contribution in [0.4, 0.5) is 11.5 Å². The molecular weight excluding hydrogens is 188 g/mol. The van der Waals surface area contributed by atoms with Gasteiger partial charge in [0.1, 0.15) is 0 Å². The van der Waals surface area contributed by atoms with E-state index in [1.54, 1.807) is 10.9 Å². The molecule has 1 aromatic rings. The standard InChI is InChI=1S/C8H16N4.ClH/c1-6(2)4-10-8-7(9)5-12(3)11-8;/h5-6H,4,9H2,1-3H3,(H,10,11);1H. The molecule has 0 saturated carbocycles. The van der Waals surface area contributed by atoms with Crippen LogP contribution in [0.15, 0.2) is 6.20 Å². The van der Waals surface area contributed by atoms with Crippen LogP contribution in [0.2, 0.25) is 0 Å². The maximum Gasteiger partial charge on any atom is 0.171 e. The molecule has 0 bridgehead atoms. The van der Waals surface area contributed by atoms with Crippen LogP contribution in [0.5, 0.6) is 0 Å². The molecule has 0 radical (unpaired) electrons. The van der Waals surface area contributed by atoms with E-state index in [1.807, 2.05) is 7.05 Å². The van der Waals surface area contributed by atoms with Gasteiger partial charge in [0.25, 0.3) is 0 Å². The minimum absolute atomic E-state index is 0. The summed E-state index contributed by atoms with van der Waals surface area (Å²) in [5.41, 5.74) is 6.39. The van der Waals surface area contributed by atoms with Crippen molar-refractivity contribution in [1.82, 2.24) is 9.78 Å². The van der Waals surface area contributed by atoms with Crippen molar-refractivity contribution in [3.8, 4) is 0 Å². The minimum Gasteiger partial charge on any atom is -0.394 e. The molecule has 1 heterocycles. The van der Waals surface area contributed by atoms with Crippen LogP contribution in [-0.2, 0) is 7.05 Å². The summed E-state index contributed by atoms with van der Waals surface area (Å²) in [5.74, 6) is 1.39. The zero-order valence-corrected chi connectivity index (χ0v) is 9.06. The van der Waals surface area contributed by atoms with Crippen LogP contribution in [-0.4, -0.2) is 16.3 Å². The lowest BCUT2D eigenvalue weighted by Crippen LogP contribution is -2.09. The quantitative estimate of drug-likeness (QED) is 0.785. The van der Waals surface area contributed by atoms with E-state index >= 15 is 0 Å². The maximum atomic E-state index is 5.68. The van der Waals surface area contributed by atoms with Gasteiger partial charge in [-0.2, -0.15) is 5.10 Å². The van der Waals surface area contributed by atoms with Gasteiger partial charge in [-0.15, -0.1) is 12.4 Å². The Bertz CT molecular complexity index is 257.